The molecule has 21 heavy (non-hydrogen) atoms. The number of likely N-dealkylation sites (tertiary alicyclic amines) is 1. The SMILES string of the molecule is CCCN1CCCC(C(C)Nc2ccccc2COC)C1. The molecule has 0 radical (unpaired) electrons. The van der Waals surface area contributed by atoms with Crippen LogP contribution in [0.25, 0.3) is 0 Å². The molecule has 1 aliphatic heterocycles. The Morgan fingerprint density at radius 1 is 1.38 bits per heavy atom. The maximum Gasteiger partial charge on any atom is 0.0733 e. The Labute approximate surface area is 129 Å². The van der Waals surface area contributed by atoms with Crippen LogP contribution in [0.3, 0.4) is 0 Å². The molecule has 2 rings (SSSR count). The number of methoxy groups -OCH3 is 1. The minimum absolute atomic E-state index is 0.502. The molecule has 0 aliphatic carbocycles. The third-order valence-electron chi connectivity index (χ3n) is 4.49. The number of hydrogen-bond acceptors (Lipinski definition) is 3. The molecule has 3 heteroatoms. The van der Waals surface area contributed by atoms with Gasteiger partial charge in [0.05, 0.1) is 6.61 Å². The maximum absolute atomic E-state index is 5.30. The molecule has 1 heterocycles. The monoisotopic (exact) mass is 290 g/mol. The quantitative estimate of drug-likeness (QED) is 0.827. The predicted molar refractivity (Wildman–Crippen MR) is 89.7 cm³/mol. The molecule has 0 bridgehead atoms. The zero-order chi connectivity index (χ0) is 15.1. The normalized spacial score (nSPS) is 21.2. The number of nitrogens with zero attached hydrogens (tertiary/aromatic N) is 1. The molecule has 118 valence electrons. The summed E-state index contributed by atoms with van der Waals surface area (Å²) in [7, 11) is 1.75. The summed E-state index contributed by atoms with van der Waals surface area (Å²) >= 11 is 0. The van der Waals surface area contributed by atoms with Crippen LogP contribution in [0.2, 0.25) is 0 Å². The van der Waals surface area contributed by atoms with Crippen molar-refractivity contribution in [2.75, 3.05) is 32.1 Å². The number of piperidine rings is 1. The van der Waals surface area contributed by atoms with Crippen LogP contribution in [0.5, 0.6) is 0 Å². The molecule has 0 aromatic heterocycles. The Bertz CT molecular complexity index is 419. The summed E-state index contributed by atoms with van der Waals surface area (Å²) in [5.74, 6) is 0.737. The Morgan fingerprint density at radius 2 is 2.19 bits per heavy atom. The molecular weight excluding hydrogens is 260 g/mol. The van der Waals surface area contributed by atoms with E-state index >= 15 is 0 Å². The second-order valence-electron chi connectivity index (χ2n) is 6.23. The zero-order valence-electron chi connectivity index (χ0n) is 13.8. The van der Waals surface area contributed by atoms with Gasteiger partial charge in [-0.3, -0.25) is 0 Å². The lowest BCUT2D eigenvalue weighted by molar-refractivity contribution is 0.165. The average molecular weight is 290 g/mol. The van der Waals surface area contributed by atoms with Gasteiger partial charge in [0.25, 0.3) is 0 Å². The maximum atomic E-state index is 5.30. The van der Waals surface area contributed by atoms with Gasteiger partial charge in [0, 0.05) is 30.9 Å². The molecule has 1 aliphatic rings. The van der Waals surface area contributed by atoms with Gasteiger partial charge in [0.15, 0.2) is 0 Å². The molecule has 2 atom stereocenters. The molecule has 0 amide bonds. The summed E-state index contributed by atoms with van der Waals surface area (Å²) in [5.41, 5.74) is 2.47. The number of hydrogen-bond donors (Lipinski definition) is 1. The van der Waals surface area contributed by atoms with Crippen molar-refractivity contribution in [3.8, 4) is 0 Å². The van der Waals surface area contributed by atoms with Crippen LogP contribution in [-0.4, -0.2) is 37.7 Å². The molecule has 2 unspecified atom stereocenters. The molecule has 0 saturated carbocycles. The van der Waals surface area contributed by atoms with Crippen molar-refractivity contribution in [1.82, 2.24) is 4.90 Å². The van der Waals surface area contributed by atoms with Crippen LogP contribution in [0.4, 0.5) is 5.69 Å². The highest BCUT2D eigenvalue weighted by atomic mass is 16.5. The summed E-state index contributed by atoms with van der Waals surface area (Å²) < 4.78 is 5.30. The lowest BCUT2D eigenvalue weighted by Gasteiger charge is -2.36. The van der Waals surface area contributed by atoms with Crippen LogP contribution >= 0.6 is 0 Å². The molecule has 1 saturated heterocycles. The smallest absolute Gasteiger partial charge is 0.0733 e. The largest absolute Gasteiger partial charge is 0.382 e. The van der Waals surface area contributed by atoms with Crippen molar-refractivity contribution >= 4 is 5.69 Å². The molecule has 3 nitrogen and oxygen atoms in total. The van der Waals surface area contributed by atoms with E-state index in [4.69, 9.17) is 4.74 Å². The van der Waals surface area contributed by atoms with Crippen molar-refractivity contribution in [3.05, 3.63) is 29.8 Å². The third-order valence-corrected chi connectivity index (χ3v) is 4.49. The molecule has 1 aromatic carbocycles. The fourth-order valence-corrected chi connectivity index (χ4v) is 3.32. The molecule has 1 fully saturated rings. The van der Waals surface area contributed by atoms with Gasteiger partial charge in [-0.1, -0.05) is 25.1 Å². The lowest BCUT2D eigenvalue weighted by atomic mass is 9.91. The van der Waals surface area contributed by atoms with Crippen LogP contribution in [0.15, 0.2) is 24.3 Å². The summed E-state index contributed by atoms with van der Waals surface area (Å²) in [6.07, 6.45) is 3.92. The average Bonchev–Trinajstić information content (AvgIpc) is 2.50. The Kier molecular flexibility index (Phi) is 6.52. The van der Waals surface area contributed by atoms with Crippen LogP contribution in [0, 0.1) is 5.92 Å². The second-order valence-corrected chi connectivity index (χ2v) is 6.23. The van der Waals surface area contributed by atoms with Gasteiger partial charge >= 0.3 is 0 Å². The minimum atomic E-state index is 0.502. The first kappa shape index (κ1) is 16.3. The molecule has 1 aromatic rings. The Morgan fingerprint density at radius 3 is 2.95 bits per heavy atom. The van der Waals surface area contributed by atoms with Crippen molar-refractivity contribution in [2.45, 2.75) is 45.8 Å². The third kappa shape index (κ3) is 4.72. The Balaban J connectivity index is 1.95. The van der Waals surface area contributed by atoms with Gasteiger partial charge in [0.2, 0.25) is 0 Å². The van der Waals surface area contributed by atoms with E-state index in [0.717, 1.165) is 5.92 Å². The van der Waals surface area contributed by atoms with Crippen LogP contribution in [0.1, 0.15) is 38.7 Å². The van der Waals surface area contributed by atoms with Crippen molar-refractivity contribution in [2.24, 2.45) is 5.92 Å². The minimum Gasteiger partial charge on any atom is -0.382 e. The molecule has 0 spiro atoms. The van der Waals surface area contributed by atoms with Gasteiger partial charge < -0.3 is 15.0 Å². The van der Waals surface area contributed by atoms with Crippen molar-refractivity contribution in [3.63, 3.8) is 0 Å². The van der Waals surface area contributed by atoms with Crippen LogP contribution < -0.4 is 5.32 Å². The number of para-hydroxylation sites is 1. The van der Waals surface area contributed by atoms with E-state index in [1.165, 1.54) is 50.1 Å². The standard InChI is InChI=1S/C18H30N2O/c1-4-11-20-12-7-9-16(13-20)15(2)19-18-10-6-5-8-17(18)14-21-3/h5-6,8,10,15-16,19H,4,7,9,11-14H2,1-3H3. The zero-order valence-corrected chi connectivity index (χ0v) is 13.8. The van der Waals surface area contributed by atoms with E-state index < -0.39 is 0 Å². The van der Waals surface area contributed by atoms with Gasteiger partial charge in [-0.15, -0.1) is 0 Å². The first-order chi connectivity index (χ1) is 10.2. The number of benzene rings is 1. The summed E-state index contributed by atoms with van der Waals surface area (Å²) in [6.45, 7) is 9.01. The highest BCUT2D eigenvalue weighted by Gasteiger charge is 2.24. The van der Waals surface area contributed by atoms with Crippen molar-refractivity contribution in [1.29, 1.82) is 0 Å². The van der Waals surface area contributed by atoms with Gasteiger partial charge in [0.1, 0.15) is 0 Å². The van der Waals surface area contributed by atoms with E-state index in [-0.39, 0.29) is 0 Å². The second kappa shape index (κ2) is 8.40. The Hall–Kier alpha value is -1.06. The van der Waals surface area contributed by atoms with Crippen molar-refractivity contribution < 1.29 is 4.74 Å². The van der Waals surface area contributed by atoms with E-state index in [1.807, 2.05) is 0 Å². The molecule has 1 N–H and O–H groups in total. The van der Waals surface area contributed by atoms with E-state index in [9.17, 15) is 0 Å². The number of rotatable bonds is 7. The van der Waals surface area contributed by atoms with E-state index in [2.05, 4.69) is 48.3 Å². The molecular formula is C18H30N2O. The fourth-order valence-electron chi connectivity index (χ4n) is 3.32. The fraction of sp³-hybridized carbons (Fsp3) is 0.667. The summed E-state index contributed by atoms with van der Waals surface area (Å²) in [5, 5.41) is 3.72. The topological polar surface area (TPSA) is 24.5 Å². The van der Waals surface area contributed by atoms with E-state index in [0.29, 0.717) is 12.6 Å². The highest BCUT2D eigenvalue weighted by molar-refractivity contribution is 5.51. The van der Waals surface area contributed by atoms with Gasteiger partial charge in [-0.05, 0) is 51.3 Å². The number of anilines is 1. The number of ether oxygens (including phenoxy) is 1. The van der Waals surface area contributed by atoms with Crippen LogP contribution in [-0.2, 0) is 11.3 Å². The first-order valence-electron chi connectivity index (χ1n) is 8.30. The number of nitrogens with one attached hydrogen (secondary N) is 1. The summed E-state index contributed by atoms with van der Waals surface area (Å²) in [6, 6.07) is 8.98. The summed E-state index contributed by atoms with van der Waals surface area (Å²) in [4.78, 5) is 2.62. The predicted octanol–water partition coefficient (Wildman–Crippen LogP) is 3.76. The van der Waals surface area contributed by atoms with Gasteiger partial charge in [-0.25, -0.2) is 0 Å². The lowest BCUT2D eigenvalue weighted by Crippen LogP contribution is -2.42. The van der Waals surface area contributed by atoms with E-state index in [1.54, 1.807) is 7.11 Å². The van der Waals surface area contributed by atoms with Gasteiger partial charge in [-0.2, -0.15) is 0 Å². The first-order valence-corrected chi connectivity index (χ1v) is 8.30. The highest BCUT2D eigenvalue weighted by Crippen LogP contribution is 2.24.